The number of aryl methyl sites for hydroxylation is 1. The molecule has 0 radical (unpaired) electrons. The lowest BCUT2D eigenvalue weighted by Gasteiger charge is -2.08. The van der Waals surface area contributed by atoms with Gasteiger partial charge in [-0.1, -0.05) is 23.7 Å². The van der Waals surface area contributed by atoms with Gasteiger partial charge in [0.25, 0.3) is 0 Å². The molecule has 0 unspecified atom stereocenters. The number of aromatic nitrogens is 3. The second-order valence-corrected chi connectivity index (χ2v) is 8.18. The van der Waals surface area contributed by atoms with Crippen LogP contribution in [0.25, 0.3) is 16.6 Å². The Hall–Kier alpha value is -2.48. The number of para-hydroxylation sites is 1. The fraction of sp³-hybridized carbons (Fsp3) is 0.111. The second-order valence-electron chi connectivity index (χ2n) is 6.01. The summed E-state index contributed by atoms with van der Waals surface area (Å²) in [5, 5.41) is 1.37. The third-order valence-corrected chi connectivity index (χ3v) is 5.66. The lowest BCUT2D eigenvalue weighted by molar-refractivity contribution is 0.581. The molecule has 0 aliphatic carbocycles. The lowest BCUT2D eigenvalue weighted by atomic mass is 10.2. The van der Waals surface area contributed by atoms with Crippen LogP contribution in [0.3, 0.4) is 0 Å². The van der Waals surface area contributed by atoms with Crippen LogP contribution >= 0.6 is 11.6 Å². The van der Waals surface area contributed by atoms with E-state index in [1.165, 1.54) is 0 Å². The highest BCUT2D eigenvalue weighted by Crippen LogP contribution is 2.22. The zero-order valence-corrected chi connectivity index (χ0v) is 15.4. The molecule has 0 atom stereocenters. The summed E-state index contributed by atoms with van der Waals surface area (Å²) in [7, 11) is -3.73. The highest BCUT2D eigenvalue weighted by atomic mass is 35.5. The summed E-state index contributed by atoms with van der Waals surface area (Å²) in [6.07, 6.45) is 5.13. The Balaban J connectivity index is 1.64. The third-order valence-electron chi connectivity index (χ3n) is 4.01. The molecule has 3 aromatic heterocycles. The standard InChI is InChI=1S/C18H15ClN4O2S/c1-12-7-13-3-2-4-16(18(13)20-8-12)26(24,25)21-9-15-11-23-10-14(19)5-6-17(23)22-15/h2-8,10-11,21H,9H2,1H3. The minimum atomic E-state index is -3.73. The van der Waals surface area contributed by atoms with Crippen molar-refractivity contribution in [2.45, 2.75) is 18.4 Å². The second kappa shape index (κ2) is 6.35. The molecule has 26 heavy (non-hydrogen) atoms. The Morgan fingerprint density at radius 2 is 2.04 bits per heavy atom. The third kappa shape index (κ3) is 3.16. The number of nitrogens with one attached hydrogen (secondary N) is 1. The molecule has 4 rings (SSSR count). The van der Waals surface area contributed by atoms with E-state index >= 15 is 0 Å². The van der Waals surface area contributed by atoms with Gasteiger partial charge in [0.2, 0.25) is 10.0 Å². The van der Waals surface area contributed by atoms with Crippen molar-refractivity contribution in [3.05, 3.63) is 71.3 Å². The molecular formula is C18H15ClN4O2S. The fourth-order valence-electron chi connectivity index (χ4n) is 2.81. The molecule has 4 aromatic rings. The average molecular weight is 387 g/mol. The molecule has 0 aliphatic heterocycles. The minimum Gasteiger partial charge on any atom is -0.305 e. The van der Waals surface area contributed by atoms with Gasteiger partial charge in [-0.05, 0) is 36.8 Å². The first-order valence-electron chi connectivity index (χ1n) is 7.90. The molecule has 8 heteroatoms. The van der Waals surface area contributed by atoms with Crippen LogP contribution in [0.1, 0.15) is 11.3 Å². The molecule has 0 saturated heterocycles. The number of sulfonamides is 1. The first-order valence-corrected chi connectivity index (χ1v) is 9.77. The van der Waals surface area contributed by atoms with E-state index in [4.69, 9.17) is 11.6 Å². The minimum absolute atomic E-state index is 0.0733. The van der Waals surface area contributed by atoms with Crippen molar-refractivity contribution in [1.29, 1.82) is 0 Å². The SMILES string of the molecule is Cc1cnc2c(S(=O)(=O)NCc3cn4cc(Cl)ccc4n3)cccc2c1. The smallest absolute Gasteiger partial charge is 0.243 e. The Morgan fingerprint density at radius 1 is 1.19 bits per heavy atom. The molecular weight excluding hydrogens is 372 g/mol. The first-order chi connectivity index (χ1) is 12.4. The summed E-state index contributed by atoms with van der Waals surface area (Å²) in [5.74, 6) is 0. The quantitative estimate of drug-likeness (QED) is 0.583. The van der Waals surface area contributed by atoms with Crippen LogP contribution in [0, 0.1) is 6.92 Å². The first kappa shape index (κ1) is 17.0. The van der Waals surface area contributed by atoms with E-state index in [0.29, 0.717) is 21.9 Å². The van der Waals surface area contributed by atoms with Crippen LogP contribution in [-0.4, -0.2) is 22.8 Å². The maximum Gasteiger partial charge on any atom is 0.243 e. The largest absolute Gasteiger partial charge is 0.305 e. The van der Waals surface area contributed by atoms with E-state index in [1.807, 2.05) is 19.1 Å². The van der Waals surface area contributed by atoms with Gasteiger partial charge in [0.15, 0.2) is 0 Å². The van der Waals surface area contributed by atoms with Crippen molar-refractivity contribution >= 4 is 38.2 Å². The summed E-state index contributed by atoms with van der Waals surface area (Å²) in [4.78, 5) is 8.83. The molecule has 3 heterocycles. The Labute approximate surface area is 155 Å². The summed E-state index contributed by atoms with van der Waals surface area (Å²) in [6, 6.07) is 10.5. The van der Waals surface area contributed by atoms with Crippen LogP contribution in [0.5, 0.6) is 0 Å². The van der Waals surface area contributed by atoms with Gasteiger partial charge in [-0.3, -0.25) is 4.98 Å². The summed E-state index contributed by atoms with van der Waals surface area (Å²) in [6.45, 7) is 1.99. The van der Waals surface area contributed by atoms with Gasteiger partial charge < -0.3 is 4.40 Å². The average Bonchev–Trinajstić information content (AvgIpc) is 3.01. The molecule has 0 bridgehead atoms. The van der Waals surface area contributed by atoms with Crippen molar-refractivity contribution in [3.8, 4) is 0 Å². The molecule has 0 fully saturated rings. The number of rotatable bonds is 4. The molecule has 132 valence electrons. The highest BCUT2D eigenvalue weighted by molar-refractivity contribution is 7.89. The van der Waals surface area contributed by atoms with Gasteiger partial charge in [0, 0.05) is 24.0 Å². The number of benzene rings is 1. The van der Waals surface area contributed by atoms with Crippen molar-refractivity contribution in [1.82, 2.24) is 19.1 Å². The maximum absolute atomic E-state index is 12.8. The van der Waals surface area contributed by atoms with Crippen molar-refractivity contribution < 1.29 is 8.42 Å². The van der Waals surface area contributed by atoms with Crippen LogP contribution in [0.2, 0.25) is 5.02 Å². The molecule has 6 nitrogen and oxygen atoms in total. The van der Waals surface area contributed by atoms with E-state index in [9.17, 15) is 8.42 Å². The van der Waals surface area contributed by atoms with Gasteiger partial charge in [-0.25, -0.2) is 18.1 Å². The molecule has 0 spiro atoms. The predicted octanol–water partition coefficient (Wildman–Crippen LogP) is 3.32. The van der Waals surface area contributed by atoms with E-state index in [1.54, 1.807) is 47.3 Å². The lowest BCUT2D eigenvalue weighted by Crippen LogP contribution is -2.23. The van der Waals surface area contributed by atoms with E-state index in [2.05, 4.69) is 14.7 Å². The molecule has 1 aromatic carbocycles. The van der Waals surface area contributed by atoms with Gasteiger partial charge >= 0.3 is 0 Å². The number of hydrogen-bond donors (Lipinski definition) is 1. The van der Waals surface area contributed by atoms with Gasteiger partial charge in [-0.15, -0.1) is 0 Å². The van der Waals surface area contributed by atoms with Crippen LogP contribution in [0.4, 0.5) is 0 Å². The summed E-state index contributed by atoms with van der Waals surface area (Å²) in [5.41, 5.74) is 2.72. The number of hydrogen-bond acceptors (Lipinski definition) is 4. The Kier molecular flexibility index (Phi) is 4.14. The molecule has 0 amide bonds. The number of nitrogens with zero attached hydrogens (tertiary/aromatic N) is 3. The van der Waals surface area contributed by atoms with E-state index in [0.717, 1.165) is 10.9 Å². The van der Waals surface area contributed by atoms with Gasteiger partial charge in [-0.2, -0.15) is 0 Å². The van der Waals surface area contributed by atoms with Gasteiger partial charge in [0.1, 0.15) is 10.5 Å². The van der Waals surface area contributed by atoms with Gasteiger partial charge in [0.05, 0.1) is 22.8 Å². The summed E-state index contributed by atoms with van der Waals surface area (Å²) < 4.78 is 29.9. The zero-order chi connectivity index (χ0) is 18.3. The van der Waals surface area contributed by atoms with Crippen LogP contribution < -0.4 is 4.72 Å². The highest BCUT2D eigenvalue weighted by Gasteiger charge is 2.18. The zero-order valence-electron chi connectivity index (χ0n) is 13.8. The predicted molar refractivity (Wildman–Crippen MR) is 101 cm³/mol. The van der Waals surface area contributed by atoms with E-state index in [-0.39, 0.29) is 11.4 Å². The van der Waals surface area contributed by atoms with Crippen LogP contribution in [-0.2, 0) is 16.6 Å². The van der Waals surface area contributed by atoms with Crippen molar-refractivity contribution in [3.63, 3.8) is 0 Å². The fourth-order valence-corrected chi connectivity index (χ4v) is 4.15. The number of imidazole rings is 1. The summed E-state index contributed by atoms with van der Waals surface area (Å²) >= 11 is 5.96. The molecule has 0 aliphatic rings. The monoisotopic (exact) mass is 386 g/mol. The number of pyridine rings is 2. The molecule has 0 saturated carbocycles. The topological polar surface area (TPSA) is 76.4 Å². The maximum atomic E-state index is 12.8. The van der Waals surface area contributed by atoms with Crippen LogP contribution in [0.15, 0.2) is 59.9 Å². The van der Waals surface area contributed by atoms with Crippen molar-refractivity contribution in [2.75, 3.05) is 0 Å². The number of halogens is 1. The number of fused-ring (bicyclic) bond motifs is 2. The van der Waals surface area contributed by atoms with E-state index < -0.39 is 10.0 Å². The van der Waals surface area contributed by atoms with Crippen molar-refractivity contribution in [2.24, 2.45) is 0 Å². The Morgan fingerprint density at radius 3 is 2.88 bits per heavy atom. The Bertz CT molecular complexity index is 1230. The normalized spacial score (nSPS) is 12.1. The molecule has 1 N–H and O–H groups in total.